The highest BCUT2D eigenvalue weighted by Gasteiger charge is 2.21. The summed E-state index contributed by atoms with van der Waals surface area (Å²) >= 11 is 1.72. The molecule has 0 atom stereocenters. The van der Waals surface area contributed by atoms with Crippen molar-refractivity contribution in [2.45, 2.75) is 19.8 Å². The van der Waals surface area contributed by atoms with Crippen LogP contribution in [-0.4, -0.2) is 47.2 Å². The van der Waals surface area contributed by atoms with Crippen molar-refractivity contribution in [1.29, 1.82) is 0 Å². The Morgan fingerprint density at radius 2 is 2.00 bits per heavy atom. The van der Waals surface area contributed by atoms with E-state index in [4.69, 9.17) is 0 Å². The summed E-state index contributed by atoms with van der Waals surface area (Å²) in [5.74, 6) is 1.15. The summed E-state index contributed by atoms with van der Waals surface area (Å²) in [5, 5.41) is 10.4. The molecule has 1 aliphatic heterocycles. The molecule has 0 bridgehead atoms. The van der Waals surface area contributed by atoms with Crippen LogP contribution in [0.2, 0.25) is 0 Å². The van der Waals surface area contributed by atoms with Gasteiger partial charge < -0.3 is 9.80 Å². The van der Waals surface area contributed by atoms with E-state index in [0.29, 0.717) is 6.42 Å². The average Bonchev–Trinajstić information content (AvgIpc) is 3.07. The number of carbonyl (C=O) groups is 1. The number of aryl methyl sites for hydroxylation is 2. The fraction of sp³-hybridized carbons (Fsp3) is 0.438. The van der Waals surface area contributed by atoms with E-state index in [1.165, 1.54) is 4.88 Å². The summed E-state index contributed by atoms with van der Waals surface area (Å²) in [4.78, 5) is 17.7. The number of anilines is 1. The lowest BCUT2D eigenvalue weighted by Crippen LogP contribution is -2.49. The molecule has 0 saturated carbocycles. The first-order chi connectivity index (χ1) is 10.7. The van der Waals surface area contributed by atoms with Crippen molar-refractivity contribution >= 4 is 23.1 Å². The topological polar surface area (TPSA) is 49.3 Å². The highest BCUT2D eigenvalue weighted by molar-refractivity contribution is 7.09. The fourth-order valence-electron chi connectivity index (χ4n) is 2.59. The minimum Gasteiger partial charge on any atom is -0.352 e. The minimum atomic E-state index is 0.253. The van der Waals surface area contributed by atoms with E-state index in [2.05, 4.69) is 26.5 Å². The van der Waals surface area contributed by atoms with E-state index in [9.17, 15) is 4.79 Å². The third kappa shape index (κ3) is 3.62. The summed E-state index contributed by atoms with van der Waals surface area (Å²) in [6, 6.07) is 8.09. The third-order valence-corrected chi connectivity index (χ3v) is 4.84. The number of amides is 1. The molecule has 116 valence electrons. The summed E-state index contributed by atoms with van der Waals surface area (Å²) < 4.78 is 0. The Balaban J connectivity index is 1.48. The Morgan fingerprint density at radius 3 is 2.64 bits per heavy atom. The molecule has 6 heteroatoms. The Morgan fingerprint density at radius 1 is 1.18 bits per heavy atom. The predicted molar refractivity (Wildman–Crippen MR) is 88.2 cm³/mol. The maximum atomic E-state index is 12.3. The number of hydrogen-bond acceptors (Lipinski definition) is 5. The second-order valence-corrected chi connectivity index (χ2v) is 6.51. The van der Waals surface area contributed by atoms with E-state index >= 15 is 0 Å². The molecule has 0 aliphatic carbocycles. The molecule has 22 heavy (non-hydrogen) atoms. The Kier molecular flexibility index (Phi) is 4.68. The second-order valence-electron chi connectivity index (χ2n) is 5.48. The molecule has 3 rings (SSSR count). The monoisotopic (exact) mass is 316 g/mol. The normalized spacial score (nSPS) is 15.1. The molecule has 5 nitrogen and oxygen atoms in total. The van der Waals surface area contributed by atoms with Crippen molar-refractivity contribution in [3.8, 4) is 0 Å². The Bertz CT molecular complexity index is 604. The van der Waals surface area contributed by atoms with Gasteiger partial charge in [-0.15, -0.1) is 16.4 Å². The Hall–Kier alpha value is -1.95. The zero-order valence-electron chi connectivity index (χ0n) is 12.7. The van der Waals surface area contributed by atoms with Crippen molar-refractivity contribution in [3.63, 3.8) is 0 Å². The number of aromatic nitrogens is 2. The number of rotatable bonds is 4. The number of piperazine rings is 1. The van der Waals surface area contributed by atoms with E-state index in [1.807, 2.05) is 30.0 Å². The minimum absolute atomic E-state index is 0.253. The molecule has 0 radical (unpaired) electrons. The van der Waals surface area contributed by atoms with Crippen LogP contribution in [0.1, 0.15) is 17.0 Å². The Labute approximate surface area is 134 Å². The smallest absolute Gasteiger partial charge is 0.223 e. The molecule has 0 N–H and O–H groups in total. The summed E-state index contributed by atoms with van der Waals surface area (Å²) in [6.07, 6.45) is 1.45. The van der Waals surface area contributed by atoms with Gasteiger partial charge in [-0.25, -0.2) is 0 Å². The molecule has 1 aliphatic rings. The highest BCUT2D eigenvalue weighted by atomic mass is 32.1. The number of hydrogen-bond donors (Lipinski definition) is 0. The molecular formula is C16H20N4OS. The van der Waals surface area contributed by atoms with Crippen LogP contribution in [0, 0.1) is 6.92 Å². The maximum absolute atomic E-state index is 12.3. The van der Waals surface area contributed by atoms with E-state index < -0.39 is 0 Å². The van der Waals surface area contributed by atoms with Crippen molar-refractivity contribution in [2.24, 2.45) is 0 Å². The standard InChI is InChI=1S/C16H20N4OS/c1-13-4-6-15(18-17-13)19-8-10-20(11-9-19)16(21)7-5-14-3-2-12-22-14/h2-4,6,12H,5,7-11H2,1H3. The fourth-order valence-corrected chi connectivity index (χ4v) is 3.30. The van der Waals surface area contributed by atoms with Crippen molar-refractivity contribution in [2.75, 3.05) is 31.1 Å². The number of thiophene rings is 1. The van der Waals surface area contributed by atoms with Crippen molar-refractivity contribution in [3.05, 3.63) is 40.2 Å². The van der Waals surface area contributed by atoms with Crippen molar-refractivity contribution < 1.29 is 4.79 Å². The van der Waals surface area contributed by atoms with Gasteiger partial charge in [0, 0.05) is 37.5 Å². The molecule has 3 heterocycles. The molecule has 0 unspecified atom stereocenters. The van der Waals surface area contributed by atoms with Crippen LogP contribution in [0.3, 0.4) is 0 Å². The first-order valence-corrected chi connectivity index (χ1v) is 8.46. The second kappa shape index (κ2) is 6.87. The molecule has 1 saturated heterocycles. The molecule has 2 aromatic rings. The molecular weight excluding hydrogens is 296 g/mol. The first kappa shape index (κ1) is 15.0. The van der Waals surface area contributed by atoms with Crippen LogP contribution in [0.4, 0.5) is 5.82 Å². The quantitative estimate of drug-likeness (QED) is 0.867. The van der Waals surface area contributed by atoms with E-state index in [1.54, 1.807) is 11.3 Å². The number of carbonyl (C=O) groups excluding carboxylic acids is 1. The van der Waals surface area contributed by atoms with Crippen molar-refractivity contribution in [1.82, 2.24) is 15.1 Å². The van der Waals surface area contributed by atoms with Gasteiger partial charge in [0.25, 0.3) is 0 Å². The predicted octanol–water partition coefficient (Wildman–Crippen LogP) is 2.13. The summed E-state index contributed by atoms with van der Waals surface area (Å²) in [6.45, 7) is 5.10. The van der Waals surface area contributed by atoms with Crippen LogP contribution in [-0.2, 0) is 11.2 Å². The van der Waals surface area contributed by atoms with Crippen LogP contribution < -0.4 is 4.90 Å². The molecule has 0 aromatic carbocycles. The first-order valence-electron chi connectivity index (χ1n) is 7.58. The lowest BCUT2D eigenvalue weighted by Gasteiger charge is -2.35. The van der Waals surface area contributed by atoms with Gasteiger partial charge in [-0.05, 0) is 36.9 Å². The van der Waals surface area contributed by atoms with Crippen LogP contribution in [0.25, 0.3) is 0 Å². The summed E-state index contributed by atoms with van der Waals surface area (Å²) in [5.41, 5.74) is 0.922. The van der Waals surface area contributed by atoms with Gasteiger partial charge in [-0.2, -0.15) is 5.10 Å². The zero-order chi connectivity index (χ0) is 15.4. The molecule has 2 aromatic heterocycles. The van der Waals surface area contributed by atoms with Crippen LogP contribution in [0.5, 0.6) is 0 Å². The zero-order valence-corrected chi connectivity index (χ0v) is 13.6. The van der Waals surface area contributed by atoms with E-state index in [0.717, 1.165) is 44.1 Å². The van der Waals surface area contributed by atoms with Gasteiger partial charge in [0.1, 0.15) is 0 Å². The molecule has 0 spiro atoms. The van der Waals surface area contributed by atoms with Crippen LogP contribution >= 0.6 is 11.3 Å². The number of nitrogens with zero attached hydrogens (tertiary/aromatic N) is 4. The maximum Gasteiger partial charge on any atom is 0.223 e. The van der Waals surface area contributed by atoms with Gasteiger partial charge in [0.05, 0.1) is 5.69 Å². The lowest BCUT2D eigenvalue weighted by atomic mass is 10.2. The summed E-state index contributed by atoms with van der Waals surface area (Å²) in [7, 11) is 0. The third-order valence-electron chi connectivity index (χ3n) is 3.91. The van der Waals surface area contributed by atoms with Gasteiger partial charge in [-0.3, -0.25) is 4.79 Å². The highest BCUT2D eigenvalue weighted by Crippen LogP contribution is 2.15. The molecule has 1 amide bonds. The largest absolute Gasteiger partial charge is 0.352 e. The van der Waals surface area contributed by atoms with Gasteiger partial charge in [0.15, 0.2) is 5.82 Å². The van der Waals surface area contributed by atoms with Crippen LogP contribution in [0.15, 0.2) is 29.6 Å². The van der Waals surface area contributed by atoms with Gasteiger partial charge in [-0.1, -0.05) is 6.07 Å². The van der Waals surface area contributed by atoms with E-state index in [-0.39, 0.29) is 5.91 Å². The lowest BCUT2D eigenvalue weighted by molar-refractivity contribution is -0.131. The SMILES string of the molecule is Cc1ccc(N2CCN(C(=O)CCc3cccs3)CC2)nn1. The molecule has 1 fully saturated rings. The average molecular weight is 316 g/mol. The van der Waals surface area contributed by atoms with Gasteiger partial charge in [0.2, 0.25) is 5.91 Å². The van der Waals surface area contributed by atoms with Gasteiger partial charge >= 0.3 is 0 Å².